The number of hydrogen-bond donors (Lipinski definition) is 1. The number of methoxy groups -OCH3 is 1. The van der Waals surface area contributed by atoms with Crippen molar-refractivity contribution in [1.82, 2.24) is 14.0 Å². The van der Waals surface area contributed by atoms with E-state index in [1.165, 1.54) is 11.5 Å². The topological polar surface area (TPSA) is 77.6 Å². The quantitative estimate of drug-likeness (QED) is 0.394. The lowest BCUT2D eigenvalue weighted by Gasteiger charge is -2.13. The lowest BCUT2D eigenvalue weighted by atomic mass is 10.2. The Kier molecular flexibility index (Phi) is 5.55. The van der Waals surface area contributed by atoms with Gasteiger partial charge < -0.3 is 14.6 Å². The van der Waals surface area contributed by atoms with E-state index in [0.29, 0.717) is 45.4 Å². The number of pyridine rings is 1. The van der Waals surface area contributed by atoms with Gasteiger partial charge in [-0.05, 0) is 48.4 Å². The van der Waals surface area contributed by atoms with E-state index in [1.54, 1.807) is 41.1 Å². The second-order valence-electron chi connectivity index (χ2n) is 7.99. The van der Waals surface area contributed by atoms with Crippen molar-refractivity contribution < 1.29 is 9.53 Å². The summed E-state index contributed by atoms with van der Waals surface area (Å²) in [6.45, 7) is 2.28. The van der Waals surface area contributed by atoms with E-state index < -0.39 is 5.91 Å². The summed E-state index contributed by atoms with van der Waals surface area (Å²) in [5.74, 6) is 0.0713. The molecule has 1 amide bonds. The molecule has 0 aliphatic heterocycles. The Morgan fingerprint density at radius 2 is 1.88 bits per heavy atom. The summed E-state index contributed by atoms with van der Waals surface area (Å²) in [5.41, 5.74) is 3.37. The molecule has 170 valence electrons. The van der Waals surface area contributed by atoms with E-state index in [1.807, 2.05) is 43.3 Å². The minimum atomic E-state index is -0.404. The number of rotatable bonds is 5. The van der Waals surface area contributed by atoms with Crippen LogP contribution < -0.4 is 15.6 Å². The minimum absolute atomic E-state index is 0.232. The smallest absolute Gasteiger partial charge is 0.272 e. The van der Waals surface area contributed by atoms with Crippen LogP contribution in [0.1, 0.15) is 21.6 Å². The normalized spacial score (nSPS) is 11.1. The standard InChI is InChI=1S/C26H21ClN4O3/c1-16-8-11-23-29-24-19(26(33)31(23)14-16)13-21(30(24)15-17-6-4-3-5-7-17)25(32)28-20-12-18(27)9-10-22(20)34-2/h3-14H,15H2,1-2H3,(H,28,32). The molecule has 1 N–H and O–H groups in total. The monoisotopic (exact) mass is 472 g/mol. The SMILES string of the molecule is COc1ccc(Cl)cc1NC(=O)c1cc2c(=O)n3cc(C)ccc3nc2n1Cc1ccccc1. The van der Waals surface area contributed by atoms with Crippen LogP contribution in [0.15, 0.2) is 77.7 Å². The predicted molar refractivity (Wildman–Crippen MR) is 133 cm³/mol. The summed E-state index contributed by atoms with van der Waals surface area (Å²) in [6, 6.07) is 20.0. The summed E-state index contributed by atoms with van der Waals surface area (Å²) < 4.78 is 8.63. The predicted octanol–water partition coefficient (Wildman–Crippen LogP) is 4.92. The molecule has 0 aliphatic carbocycles. The molecule has 2 aromatic carbocycles. The summed E-state index contributed by atoms with van der Waals surface area (Å²) in [4.78, 5) is 31.5. The van der Waals surface area contributed by atoms with Gasteiger partial charge in [-0.15, -0.1) is 0 Å². The number of ether oxygens (including phenoxy) is 1. The molecule has 0 unspecified atom stereocenters. The van der Waals surface area contributed by atoms with Gasteiger partial charge in [-0.3, -0.25) is 14.0 Å². The zero-order valence-electron chi connectivity index (χ0n) is 18.6. The molecule has 3 aromatic heterocycles. The molecule has 0 saturated carbocycles. The van der Waals surface area contributed by atoms with Crippen molar-refractivity contribution in [2.75, 3.05) is 12.4 Å². The van der Waals surface area contributed by atoms with Gasteiger partial charge in [-0.25, -0.2) is 4.98 Å². The van der Waals surface area contributed by atoms with E-state index in [4.69, 9.17) is 21.3 Å². The molecule has 5 rings (SSSR count). The number of nitrogens with zero attached hydrogens (tertiary/aromatic N) is 3. The highest BCUT2D eigenvalue weighted by Crippen LogP contribution is 2.29. The van der Waals surface area contributed by atoms with Crippen LogP contribution in [-0.4, -0.2) is 27.0 Å². The Labute approximate surface area is 200 Å². The molecule has 0 radical (unpaired) electrons. The first-order valence-corrected chi connectivity index (χ1v) is 11.0. The number of hydrogen-bond acceptors (Lipinski definition) is 4. The number of aromatic nitrogens is 3. The molecular weight excluding hydrogens is 452 g/mol. The zero-order valence-corrected chi connectivity index (χ0v) is 19.3. The minimum Gasteiger partial charge on any atom is -0.495 e. The number of anilines is 1. The van der Waals surface area contributed by atoms with Crippen LogP contribution in [0.2, 0.25) is 5.02 Å². The van der Waals surface area contributed by atoms with Gasteiger partial charge in [0.1, 0.15) is 22.7 Å². The number of fused-ring (bicyclic) bond motifs is 2. The van der Waals surface area contributed by atoms with Crippen molar-refractivity contribution in [3.8, 4) is 5.75 Å². The van der Waals surface area contributed by atoms with Crippen LogP contribution in [-0.2, 0) is 6.54 Å². The Bertz CT molecular complexity index is 1610. The van der Waals surface area contributed by atoms with Gasteiger partial charge in [0.15, 0.2) is 0 Å². The Morgan fingerprint density at radius 3 is 2.65 bits per heavy atom. The number of aryl methyl sites for hydroxylation is 1. The molecule has 0 atom stereocenters. The largest absolute Gasteiger partial charge is 0.495 e. The fourth-order valence-electron chi connectivity index (χ4n) is 3.99. The van der Waals surface area contributed by atoms with Crippen molar-refractivity contribution in [3.63, 3.8) is 0 Å². The van der Waals surface area contributed by atoms with E-state index in [-0.39, 0.29) is 5.56 Å². The number of nitrogens with one attached hydrogen (secondary N) is 1. The van der Waals surface area contributed by atoms with E-state index in [2.05, 4.69) is 5.32 Å². The number of carbonyl (C=O) groups excluding carboxylic acids is 1. The van der Waals surface area contributed by atoms with Crippen molar-refractivity contribution in [2.45, 2.75) is 13.5 Å². The van der Waals surface area contributed by atoms with Crippen LogP contribution in [0.5, 0.6) is 5.75 Å². The van der Waals surface area contributed by atoms with Crippen molar-refractivity contribution in [2.24, 2.45) is 0 Å². The van der Waals surface area contributed by atoms with Gasteiger partial charge >= 0.3 is 0 Å². The lowest BCUT2D eigenvalue weighted by molar-refractivity contribution is 0.101. The van der Waals surface area contributed by atoms with Gasteiger partial charge in [0.25, 0.3) is 11.5 Å². The molecule has 0 fully saturated rings. The maximum absolute atomic E-state index is 13.5. The maximum atomic E-state index is 13.5. The van der Waals surface area contributed by atoms with Crippen molar-refractivity contribution >= 4 is 39.9 Å². The van der Waals surface area contributed by atoms with E-state index in [0.717, 1.165) is 11.1 Å². The molecular formula is C26H21ClN4O3. The first kappa shape index (κ1) is 21.7. The molecule has 7 nitrogen and oxygen atoms in total. The van der Waals surface area contributed by atoms with Gasteiger partial charge in [0.05, 0.1) is 18.2 Å². The fraction of sp³-hybridized carbons (Fsp3) is 0.115. The number of amides is 1. The molecule has 8 heteroatoms. The van der Waals surface area contributed by atoms with Gasteiger partial charge in [0, 0.05) is 17.8 Å². The van der Waals surface area contributed by atoms with E-state index >= 15 is 0 Å². The molecule has 0 bridgehead atoms. The molecule has 34 heavy (non-hydrogen) atoms. The summed E-state index contributed by atoms with van der Waals surface area (Å²) >= 11 is 6.13. The Hall–Kier alpha value is -4.10. The Balaban J connectivity index is 1.69. The lowest BCUT2D eigenvalue weighted by Crippen LogP contribution is -2.18. The average Bonchev–Trinajstić information content (AvgIpc) is 3.19. The summed E-state index contributed by atoms with van der Waals surface area (Å²) in [7, 11) is 1.52. The fourth-order valence-corrected chi connectivity index (χ4v) is 4.16. The number of benzene rings is 2. The van der Waals surface area contributed by atoms with Crippen molar-refractivity contribution in [3.05, 3.63) is 105 Å². The van der Waals surface area contributed by atoms with Gasteiger partial charge in [-0.1, -0.05) is 48.0 Å². The van der Waals surface area contributed by atoms with Crippen LogP contribution in [0, 0.1) is 6.92 Å². The number of carbonyl (C=O) groups is 1. The van der Waals surface area contributed by atoms with Crippen LogP contribution >= 0.6 is 11.6 Å². The molecule has 0 aliphatic rings. The Morgan fingerprint density at radius 1 is 1.09 bits per heavy atom. The second kappa shape index (κ2) is 8.68. The van der Waals surface area contributed by atoms with E-state index in [9.17, 15) is 9.59 Å². The molecule has 0 saturated heterocycles. The zero-order chi connectivity index (χ0) is 23.8. The van der Waals surface area contributed by atoms with Crippen molar-refractivity contribution in [1.29, 1.82) is 0 Å². The average molecular weight is 473 g/mol. The third-order valence-corrected chi connectivity index (χ3v) is 5.87. The molecule has 3 heterocycles. The van der Waals surface area contributed by atoms with Gasteiger partial charge in [0.2, 0.25) is 0 Å². The highest BCUT2D eigenvalue weighted by atomic mass is 35.5. The van der Waals surface area contributed by atoms with Crippen LogP contribution in [0.25, 0.3) is 16.7 Å². The number of halogens is 1. The third-order valence-electron chi connectivity index (χ3n) is 5.64. The first-order chi connectivity index (χ1) is 16.4. The third kappa shape index (κ3) is 3.91. The first-order valence-electron chi connectivity index (χ1n) is 10.7. The highest BCUT2D eigenvalue weighted by Gasteiger charge is 2.21. The van der Waals surface area contributed by atoms with Crippen LogP contribution in [0.4, 0.5) is 5.69 Å². The summed E-state index contributed by atoms with van der Waals surface area (Å²) in [5, 5.41) is 3.69. The maximum Gasteiger partial charge on any atom is 0.272 e. The van der Waals surface area contributed by atoms with Gasteiger partial charge in [-0.2, -0.15) is 0 Å². The molecule has 0 spiro atoms. The van der Waals surface area contributed by atoms with Crippen LogP contribution in [0.3, 0.4) is 0 Å². The second-order valence-corrected chi connectivity index (χ2v) is 8.43. The summed E-state index contributed by atoms with van der Waals surface area (Å²) in [6.07, 6.45) is 1.75. The molecule has 5 aromatic rings. The highest BCUT2D eigenvalue weighted by molar-refractivity contribution is 6.31.